The van der Waals surface area contributed by atoms with Crippen molar-refractivity contribution in [2.45, 2.75) is 19.4 Å². The molecule has 8 heteroatoms. The highest BCUT2D eigenvalue weighted by atomic mass is 32.2. The van der Waals surface area contributed by atoms with Crippen LogP contribution >= 0.6 is 11.3 Å². The fraction of sp³-hybridized carbons (Fsp3) is 0.526. The molecule has 0 spiro atoms. The second-order valence-corrected chi connectivity index (χ2v) is 11.0. The van der Waals surface area contributed by atoms with Crippen LogP contribution in [0.4, 0.5) is 10.8 Å². The van der Waals surface area contributed by atoms with Gasteiger partial charge >= 0.3 is 0 Å². The van der Waals surface area contributed by atoms with Crippen molar-refractivity contribution in [3.8, 4) is 10.4 Å². The summed E-state index contributed by atoms with van der Waals surface area (Å²) in [6.07, 6.45) is 1.94. The number of rotatable bonds is 3. The Hall–Kier alpha value is -1.64. The molecular weight excluding hydrogens is 382 g/mol. The molecule has 3 heterocycles. The third kappa shape index (κ3) is 4.28. The van der Waals surface area contributed by atoms with Crippen LogP contribution in [0.2, 0.25) is 0 Å². The van der Waals surface area contributed by atoms with Gasteiger partial charge < -0.3 is 14.5 Å². The number of hydrogen-bond acceptors (Lipinski definition) is 7. The van der Waals surface area contributed by atoms with E-state index in [4.69, 9.17) is 4.74 Å². The lowest BCUT2D eigenvalue weighted by molar-refractivity contribution is -0.0277. The van der Waals surface area contributed by atoms with Gasteiger partial charge in [-0.05, 0) is 31.5 Å². The molecule has 146 valence electrons. The van der Waals surface area contributed by atoms with Gasteiger partial charge in [-0.15, -0.1) is 0 Å². The van der Waals surface area contributed by atoms with Crippen LogP contribution in [0.15, 0.2) is 30.5 Å². The standard InChI is InChI=1S/C19H25N3O3S2/c1-19(2)14-22(7-10-25-19)18-20-13-17(26-18)15-3-5-16(6-4-15)21-8-11-27(23,24)12-9-21/h3-6,13H,7-12,14H2,1-2H3. The minimum Gasteiger partial charge on any atom is -0.372 e. The molecule has 0 aliphatic carbocycles. The topological polar surface area (TPSA) is 62.7 Å². The highest BCUT2D eigenvalue weighted by Crippen LogP contribution is 2.34. The summed E-state index contributed by atoms with van der Waals surface area (Å²) in [5, 5.41) is 1.03. The van der Waals surface area contributed by atoms with Crippen LogP contribution in [0, 0.1) is 0 Å². The number of aromatic nitrogens is 1. The molecule has 2 fully saturated rings. The summed E-state index contributed by atoms with van der Waals surface area (Å²) >= 11 is 1.70. The molecular formula is C19H25N3O3S2. The number of thiazole rings is 1. The lowest BCUT2D eigenvalue weighted by Crippen LogP contribution is -2.48. The van der Waals surface area contributed by atoms with Gasteiger partial charge in [0, 0.05) is 38.1 Å². The molecule has 2 aromatic rings. The van der Waals surface area contributed by atoms with Crippen LogP contribution in [0.5, 0.6) is 0 Å². The summed E-state index contributed by atoms with van der Waals surface area (Å²) in [5.74, 6) is 0.478. The first-order valence-corrected chi connectivity index (χ1v) is 11.9. The van der Waals surface area contributed by atoms with Crippen LogP contribution in [0.3, 0.4) is 0 Å². The van der Waals surface area contributed by atoms with E-state index >= 15 is 0 Å². The van der Waals surface area contributed by atoms with E-state index in [9.17, 15) is 8.42 Å². The summed E-state index contributed by atoms with van der Waals surface area (Å²) in [6.45, 7) is 7.79. The van der Waals surface area contributed by atoms with Crippen molar-refractivity contribution in [2.75, 3.05) is 54.1 Å². The van der Waals surface area contributed by atoms with E-state index in [1.807, 2.05) is 6.20 Å². The van der Waals surface area contributed by atoms with Crippen LogP contribution in [-0.4, -0.2) is 63.3 Å². The molecule has 2 saturated heterocycles. The fourth-order valence-electron chi connectivity index (χ4n) is 3.53. The van der Waals surface area contributed by atoms with Gasteiger partial charge in [0.25, 0.3) is 0 Å². The zero-order valence-electron chi connectivity index (χ0n) is 15.7. The van der Waals surface area contributed by atoms with Crippen molar-refractivity contribution in [1.82, 2.24) is 4.98 Å². The zero-order valence-corrected chi connectivity index (χ0v) is 17.4. The molecule has 6 nitrogen and oxygen atoms in total. The molecule has 0 bridgehead atoms. The Kier molecular flexibility index (Phi) is 4.90. The predicted molar refractivity (Wildman–Crippen MR) is 111 cm³/mol. The van der Waals surface area contributed by atoms with E-state index in [1.165, 1.54) is 0 Å². The summed E-state index contributed by atoms with van der Waals surface area (Å²) in [7, 11) is -2.85. The van der Waals surface area contributed by atoms with Crippen molar-refractivity contribution in [1.29, 1.82) is 0 Å². The van der Waals surface area contributed by atoms with E-state index in [2.05, 4.69) is 52.9 Å². The highest BCUT2D eigenvalue weighted by molar-refractivity contribution is 7.91. The normalized spacial score (nSPS) is 22.0. The highest BCUT2D eigenvalue weighted by Gasteiger charge is 2.28. The van der Waals surface area contributed by atoms with Crippen molar-refractivity contribution in [3.05, 3.63) is 30.5 Å². The second-order valence-electron chi connectivity index (χ2n) is 7.72. The van der Waals surface area contributed by atoms with Crippen LogP contribution in [0.25, 0.3) is 10.4 Å². The Morgan fingerprint density at radius 1 is 1.07 bits per heavy atom. The molecule has 2 aliphatic rings. The van der Waals surface area contributed by atoms with Gasteiger partial charge in [-0.1, -0.05) is 23.5 Å². The van der Waals surface area contributed by atoms with Crippen LogP contribution in [-0.2, 0) is 14.6 Å². The summed E-state index contributed by atoms with van der Waals surface area (Å²) in [4.78, 5) is 10.2. The molecule has 0 amide bonds. The molecule has 0 radical (unpaired) electrons. The van der Waals surface area contributed by atoms with E-state index in [0.29, 0.717) is 13.1 Å². The second kappa shape index (κ2) is 7.07. The summed E-state index contributed by atoms with van der Waals surface area (Å²) < 4.78 is 29.0. The molecule has 0 saturated carbocycles. The predicted octanol–water partition coefficient (Wildman–Crippen LogP) is 2.66. The van der Waals surface area contributed by atoms with Gasteiger partial charge in [0.2, 0.25) is 0 Å². The lowest BCUT2D eigenvalue weighted by Gasteiger charge is -2.37. The first kappa shape index (κ1) is 18.7. The number of sulfone groups is 1. The average molecular weight is 408 g/mol. The third-order valence-corrected chi connectivity index (χ3v) is 7.77. The summed E-state index contributed by atoms with van der Waals surface area (Å²) in [5.41, 5.74) is 2.07. The number of morpholine rings is 1. The van der Waals surface area contributed by atoms with E-state index < -0.39 is 9.84 Å². The zero-order chi connectivity index (χ0) is 19.1. The van der Waals surface area contributed by atoms with Gasteiger partial charge in [-0.2, -0.15) is 0 Å². The first-order valence-electron chi connectivity index (χ1n) is 9.22. The molecule has 2 aliphatic heterocycles. The van der Waals surface area contributed by atoms with Gasteiger partial charge in [0.15, 0.2) is 15.0 Å². The van der Waals surface area contributed by atoms with Gasteiger partial charge in [-0.25, -0.2) is 13.4 Å². The first-order chi connectivity index (χ1) is 12.8. The van der Waals surface area contributed by atoms with Gasteiger partial charge in [-0.3, -0.25) is 0 Å². The molecule has 27 heavy (non-hydrogen) atoms. The Morgan fingerprint density at radius 2 is 1.78 bits per heavy atom. The van der Waals surface area contributed by atoms with Gasteiger partial charge in [0.1, 0.15) is 0 Å². The monoisotopic (exact) mass is 407 g/mol. The third-order valence-electron chi connectivity index (χ3n) is 5.05. The molecule has 0 atom stereocenters. The number of benzene rings is 1. The Balaban J connectivity index is 1.46. The van der Waals surface area contributed by atoms with Crippen molar-refractivity contribution in [3.63, 3.8) is 0 Å². The Labute approximate surface area is 164 Å². The molecule has 0 unspecified atom stereocenters. The quantitative estimate of drug-likeness (QED) is 0.780. The minimum atomic E-state index is -2.85. The average Bonchev–Trinajstić information content (AvgIpc) is 3.11. The number of hydrogen-bond donors (Lipinski definition) is 0. The van der Waals surface area contributed by atoms with Crippen molar-refractivity contribution in [2.24, 2.45) is 0 Å². The van der Waals surface area contributed by atoms with Crippen molar-refractivity contribution >= 4 is 32.0 Å². The smallest absolute Gasteiger partial charge is 0.186 e. The fourth-order valence-corrected chi connectivity index (χ4v) is 5.68. The van der Waals surface area contributed by atoms with Crippen LogP contribution in [0.1, 0.15) is 13.8 Å². The Bertz CT molecular complexity index is 893. The molecule has 1 aromatic heterocycles. The minimum absolute atomic E-state index is 0.145. The molecule has 0 N–H and O–H groups in total. The number of ether oxygens (including phenoxy) is 1. The molecule has 4 rings (SSSR count). The molecule has 1 aromatic carbocycles. The maximum Gasteiger partial charge on any atom is 0.186 e. The maximum absolute atomic E-state index is 11.6. The van der Waals surface area contributed by atoms with E-state index in [-0.39, 0.29) is 17.1 Å². The SMILES string of the molecule is CC1(C)CN(c2ncc(-c3ccc(N4CCS(=O)(=O)CC4)cc3)s2)CCO1. The number of anilines is 2. The van der Waals surface area contributed by atoms with Crippen LogP contribution < -0.4 is 9.80 Å². The maximum atomic E-state index is 11.6. The van der Waals surface area contributed by atoms with Gasteiger partial charge in [0.05, 0.1) is 28.6 Å². The number of nitrogens with zero attached hydrogens (tertiary/aromatic N) is 3. The largest absolute Gasteiger partial charge is 0.372 e. The lowest BCUT2D eigenvalue weighted by atomic mass is 10.1. The summed E-state index contributed by atoms with van der Waals surface area (Å²) in [6, 6.07) is 8.34. The van der Waals surface area contributed by atoms with Crippen molar-refractivity contribution < 1.29 is 13.2 Å². The Morgan fingerprint density at radius 3 is 2.44 bits per heavy atom. The van der Waals surface area contributed by atoms with E-state index in [1.54, 1.807) is 11.3 Å². The van der Waals surface area contributed by atoms with E-state index in [0.717, 1.165) is 41.0 Å².